The van der Waals surface area contributed by atoms with Crippen LogP contribution in [-0.4, -0.2) is 17.3 Å². The Hall–Kier alpha value is -0.290. The van der Waals surface area contributed by atoms with Crippen LogP contribution in [0, 0.1) is 10.5 Å². The molecule has 0 aromatic heterocycles. The Balaban J connectivity index is 2.19. The summed E-state index contributed by atoms with van der Waals surface area (Å²) in [7, 11) is 0. The van der Waals surface area contributed by atoms with E-state index in [0.717, 1.165) is 40.4 Å². The lowest BCUT2D eigenvalue weighted by molar-refractivity contribution is 0.0908. The highest BCUT2D eigenvalue weighted by atomic mass is 127. The van der Waals surface area contributed by atoms with E-state index in [0.29, 0.717) is 5.88 Å². The molecule has 1 amide bonds. The van der Waals surface area contributed by atoms with E-state index < -0.39 is 0 Å². The molecule has 0 radical (unpaired) electrons. The number of nitrogens with one attached hydrogen (secondary N) is 1. The molecule has 1 aromatic rings. The fraction of sp³-hybridized carbons (Fsp3) is 0.500. The highest BCUT2D eigenvalue weighted by Crippen LogP contribution is 2.31. The number of hydrogen-bond donors (Lipinski definition) is 1. The van der Waals surface area contributed by atoms with E-state index in [1.54, 1.807) is 0 Å². The van der Waals surface area contributed by atoms with Crippen molar-refractivity contribution in [3.8, 4) is 0 Å². The van der Waals surface area contributed by atoms with Gasteiger partial charge in [0.25, 0.3) is 5.91 Å². The first-order valence-corrected chi connectivity index (χ1v) is 7.83. The fourth-order valence-corrected chi connectivity index (χ4v) is 3.41. The SMILES string of the molecule is Cc1cccc(C(=O)NC2(CCl)CCCC2)c1I. The summed E-state index contributed by atoms with van der Waals surface area (Å²) in [6.45, 7) is 2.02. The summed E-state index contributed by atoms with van der Waals surface area (Å²) >= 11 is 8.28. The minimum atomic E-state index is -0.189. The van der Waals surface area contributed by atoms with Crippen LogP contribution >= 0.6 is 34.2 Å². The van der Waals surface area contributed by atoms with E-state index in [2.05, 4.69) is 27.9 Å². The highest BCUT2D eigenvalue weighted by Gasteiger charge is 2.34. The topological polar surface area (TPSA) is 29.1 Å². The van der Waals surface area contributed by atoms with Crippen molar-refractivity contribution >= 4 is 40.1 Å². The Bertz CT molecular complexity index is 455. The molecule has 1 aromatic carbocycles. The largest absolute Gasteiger partial charge is 0.345 e. The predicted molar refractivity (Wildman–Crippen MR) is 83.3 cm³/mol. The summed E-state index contributed by atoms with van der Waals surface area (Å²) in [5.74, 6) is 0.506. The summed E-state index contributed by atoms with van der Waals surface area (Å²) < 4.78 is 1.02. The first-order chi connectivity index (χ1) is 8.58. The molecule has 0 saturated heterocycles. The minimum absolute atomic E-state index is 0.00523. The van der Waals surface area contributed by atoms with Crippen LogP contribution in [0.3, 0.4) is 0 Å². The van der Waals surface area contributed by atoms with E-state index in [1.165, 1.54) is 0 Å². The number of aryl methyl sites for hydroxylation is 1. The Kier molecular flexibility index (Phi) is 4.54. The second-order valence-electron chi connectivity index (χ2n) is 5.01. The van der Waals surface area contributed by atoms with Crippen molar-refractivity contribution in [2.75, 3.05) is 5.88 Å². The van der Waals surface area contributed by atoms with E-state index in [-0.39, 0.29) is 11.4 Å². The van der Waals surface area contributed by atoms with Gasteiger partial charge in [-0.05, 0) is 54.0 Å². The zero-order valence-electron chi connectivity index (χ0n) is 10.4. The molecule has 1 N–H and O–H groups in total. The van der Waals surface area contributed by atoms with Crippen molar-refractivity contribution in [3.63, 3.8) is 0 Å². The Labute approximate surface area is 127 Å². The second kappa shape index (κ2) is 5.78. The van der Waals surface area contributed by atoms with Crippen molar-refractivity contribution in [2.24, 2.45) is 0 Å². The number of halogens is 2. The lowest BCUT2D eigenvalue weighted by atomic mass is 9.99. The zero-order chi connectivity index (χ0) is 13.2. The Morgan fingerprint density at radius 1 is 1.44 bits per heavy atom. The predicted octanol–water partition coefficient (Wildman–Crippen LogP) is 3.88. The minimum Gasteiger partial charge on any atom is -0.345 e. The molecule has 2 nitrogen and oxygen atoms in total. The zero-order valence-corrected chi connectivity index (χ0v) is 13.3. The van der Waals surface area contributed by atoms with Gasteiger partial charge >= 0.3 is 0 Å². The summed E-state index contributed by atoms with van der Waals surface area (Å²) in [5, 5.41) is 3.15. The lowest BCUT2D eigenvalue weighted by Crippen LogP contribution is -2.48. The third-order valence-corrected chi connectivity index (χ3v) is 5.58. The van der Waals surface area contributed by atoms with Gasteiger partial charge in [0.05, 0.1) is 11.1 Å². The van der Waals surface area contributed by atoms with Crippen molar-refractivity contribution in [3.05, 3.63) is 32.9 Å². The van der Waals surface area contributed by atoms with Gasteiger partial charge in [-0.1, -0.05) is 25.0 Å². The van der Waals surface area contributed by atoms with Gasteiger partial charge in [0, 0.05) is 9.45 Å². The molecule has 2 rings (SSSR count). The number of carbonyl (C=O) groups excluding carboxylic acids is 1. The molecule has 0 heterocycles. The third kappa shape index (κ3) is 2.82. The highest BCUT2D eigenvalue weighted by molar-refractivity contribution is 14.1. The van der Waals surface area contributed by atoms with Gasteiger partial charge in [0.1, 0.15) is 0 Å². The molecular weight excluding hydrogens is 361 g/mol. The number of benzene rings is 1. The molecule has 1 aliphatic carbocycles. The van der Waals surface area contributed by atoms with Gasteiger partial charge in [-0.15, -0.1) is 11.6 Å². The van der Waals surface area contributed by atoms with Gasteiger partial charge in [0.15, 0.2) is 0 Å². The molecule has 0 unspecified atom stereocenters. The normalized spacial score (nSPS) is 17.7. The van der Waals surface area contributed by atoms with Crippen LogP contribution in [0.2, 0.25) is 0 Å². The average Bonchev–Trinajstić information content (AvgIpc) is 2.81. The van der Waals surface area contributed by atoms with E-state index in [9.17, 15) is 4.79 Å². The molecular formula is C14H17ClINO. The van der Waals surface area contributed by atoms with E-state index in [4.69, 9.17) is 11.6 Å². The maximum absolute atomic E-state index is 12.4. The number of rotatable bonds is 3. The van der Waals surface area contributed by atoms with Crippen molar-refractivity contribution in [1.29, 1.82) is 0 Å². The molecule has 1 aliphatic rings. The molecule has 0 bridgehead atoms. The summed E-state index contributed by atoms with van der Waals surface area (Å²) in [6.07, 6.45) is 4.28. The van der Waals surface area contributed by atoms with Crippen LogP contribution in [0.1, 0.15) is 41.6 Å². The molecule has 98 valence electrons. The van der Waals surface area contributed by atoms with Crippen molar-refractivity contribution < 1.29 is 4.79 Å². The number of carbonyl (C=O) groups is 1. The molecule has 18 heavy (non-hydrogen) atoms. The Morgan fingerprint density at radius 2 is 2.11 bits per heavy atom. The van der Waals surface area contributed by atoms with Gasteiger partial charge in [-0.2, -0.15) is 0 Å². The number of hydrogen-bond acceptors (Lipinski definition) is 1. The second-order valence-corrected chi connectivity index (χ2v) is 6.36. The first-order valence-electron chi connectivity index (χ1n) is 6.22. The standard InChI is InChI=1S/C14H17ClINO/c1-10-5-4-6-11(12(10)16)13(18)17-14(9-15)7-2-3-8-14/h4-6H,2-3,7-9H2,1H3,(H,17,18). The first kappa shape index (κ1) is 14.1. The molecule has 0 atom stereocenters. The number of alkyl halides is 1. The van der Waals surface area contributed by atoms with Gasteiger partial charge in [0.2, 0.25) is 0 Å². The van der Waals surface area contributed by atoms with Crippen LogP contribution < -0.4 is 5.32 Å². The summed E-state index contributed by atoms with van der Waals surface area (Å²) in [4.78, 5) is 12.4. The van der Waals surface area contributed by atoms with Crippen LogP contribution in [-0.2, 0) is 0 Å². The molecule has 0 aliphatic heterocycles. The fourth-order valence-electron chi connectivity index (χ4n) is 2.47. The third-order valence-electron chi connectivity index (χ3n) is 3.63. The number of amides is 1. The quantitative estimate of drug-likeness (QED) is 0.628. The molecule has 1 saturated carbocycles. The molecule has 1 fully saturated rings. The van der Waals surface area contributed by atoms with Crippen LogP contribution in [0.4, 0.5) is 0 Å². The smallest absolute Gasteiger partial charge is 0.252 e. The molecule has 0 spiro atoms. The van der Waals surface area contributed by atoms with Gasteiger partial charge in [-0.3, -0.25) is 4.79 Å². The Morgan fingerprint density at radius 3 is 2.72 bits per heavy atom. The molecule has 4 heteroatoms. The van der Waals surface area contributed by atoms with Gasteiger partial charge < -0.3 is 5.32 Å². The van der Waals surface area contributed by atoms with Crippen LogP contribution in [0.15, 0.2) is 18.2 Å². The average molecular weight is 378 g/mol. The lowest BCUT2D eigenvalue weighted by Gasteiger charge is -2.28. The van der Waals surface area contributed by atoms with E-state index >= 15 is 0 Å². The van der Waals surface area contributed by atoms with Crippen LogP contribution in [0.25, 0.3) is 0 Å². The monoisotopic (exact) mass is 377 g/mol. The van der Waals surface area contributed by atoms with Gasteiger partial charge in [-0.25, -0.2) is 0 Å². The maximum Gasteiger partial charge on any atom is 0.252 e. The van der Waals surface area contributed by atoms with Crippen LogP contribution in [0.5, 0.6) is 0 Å². The summed E-state index contributed by atoms with van der Waals surface area (Å²) in [5.41, 5.74) is 1.70. The summed E-state index contributed by atoms with van der Waals surface area (Å²) in [6, 6.07) is 5.82. The van der Waals surface area contributed by atoms with E-state index in [1.807, 2.05) is 25.1 Å². The maximum atomic E-state index is 12.4. The van der Waals surface area contributed by atoms with Crippen molar-refractivity contribution in [1.82, 2.24) is 5.32 Å². The van der Waals surface area contributed by atoms with Crippen molar-refractivity contribution in [2.45, 2.75) is 38.1 Å².